The van der Waals surface area contributed by atoms with E-state index in [0.717, 1.165) is 42.6 Å². The summed E-state index contributed by atoms with van der Waals surface area (Å²) in [6.45, 7) is 6.18. The molecule has 1 saturated heterocycles. The quantitative estimate of drug-likeness (QED) is 0.731. The molecule has 1 unspecified atom stereocenters. The zero-order chi connectivity index (χ0) is 22.4. The molecule has 1 atom stereocenters. The lowest BCUT2D eigenvalue weighted by molar-refractivity contribution is -0.117. The van der Waals surface area contributed by atoms with Crippen molar-refractivity contribution >= 4 is 33.3 Å². The Balaban J connectivity index is 1.47. The Morgan fingerprint density at radius 2 is 2.10 bits per heavy atom. The van der Waals surface area contributed by atoms with E-state index >= 15 is 0 Å². The van der Waals surface area contributed by atoms with Gasteiger partial charge >= 0.3 is 0 Å². The number of nitrogens with one attached hydrogen (secondary N) is 1. The third-order valence-electron chi connectivity index (χ3n) is 6.01. The molecule has 168 valence electrons. The van der Waals surface area contributed by atoms with Crippen LogP contribution in [0.1, 0.15) is 38.8 Å². The molecule has 2 aliphatic heterocycles. The second-order valence-electron chi connectivity index (χ2n) is 9.43. The molecule has 4 heterocycles. The predicted octanol–water partition coefficient (Wildman–Crippen LogP) is 3.18. The number of nitrogens with zero attached hydrogens (tertiary/aromatic N) is 4. The molecule has 10 heteroatoms. The lowest BCUT2D eigenvalue weighted by Crippen LogP contribution is -2.40. The predicted molar refractivity (Wildman–Crippen MR) is 120 cm³/mol. The van der Waals surface area contributed by atoms with Gasteiger partial charge in [-0.3, -0.25) is 9.48 Å². The number of fused-ring (bicyclic) bond motifs is 1. The second-order valence-corrected chi connectivity index (χ2v) is 11.8. The van der Waals surface area contributed by atoms with Gasteiger partial charge in [-0.25, -0.2) is 17.7 Å². The van der Waals surface area contributed by atoms with Gasteiger partial charge in [-0.1, -0.05) is 25.4 Å². The Bertz CT molecular complexity index is 1110. The maximum Gasteiger partial charge on any atom is 0.225 e. The van der Waals surface area contributed by atoms with Gasteiger partial charge in [-0.05, 0) is 36.7 Å². The van der Waals surface area contributed by atoms with Gasteiger partial charge in [0.15, 0.2) is 0 Å². The molecule has 0 bridgehead atoms. The first-order chi connectivity index (χ1) is 14.5. The summed E-state index contributed by atoms with van der Waals surface area (Å²) in [5.41, 5.74) is 3.05. The molecule has 0 aromatic carbocycles. The smallest absolute Gasteiger partial charge is 0.225 e. The first kappa shape index (κ1) is 22.2. The average Bonchev–Trinajstić information content (AvgIpc) is 3.18. The monoisotopic (exact) mass is 465 g/mol. The third kappa shape index (κ3) is 4.94. The zero-order valence-corrected chi connectivity index (χ0v) is 19.6. The summed E-state index contributed by atoms with van der Waals surface area (Å²) in [4.78, 5) is 16.9. The van der Waals surface area contributed by atoms with Crippen molar-refractivity contribution < 1.29 is 13.2 Å². The van der Waals surface area contributed by atoms with Gasteiger partial charge in [0.25, 0.3) is 0 Å². The minimum atomic E-state index is -3.24. The molecule has 2 aliphatic rings. The standard InChI is InChI=1S/C21H28ClN5O3S/c1-21(2)9-18-16(10-24-27(18)13-21)15-8-19(23-11-17(15)22)25-20(28)7-14-5-4-6-26(12-14)31(3,29)30/h8,10-11,14H,4-7,9,12-13H2,1-3H3,(H,23,25,28). The van der Waals surface area contributed by atoms with Crippen molar-refractivity contribution in [1.29, 1.82) is 0 Å². The second kappa shape index (κ2) is 8.18. The normalized spacial score (nSPS) is 21.1. The molecular formula is C21H28ClN5O3S. The molecule has 0 aliphatic carbocycles. The molecule has 2 aromatic rings. The number of halogens is 1. The summed E-state index contributed by atoms with van der Waals surface area (Å²) < 4.78 is 27.1. The highest BCUT2D eigenvalue weighted by Gasteiger charge is 2.32. The maximum atomic E-state index is 12.6. The number of carbonyl (C=O) groups is 1. The molecule has 1 fully saturated rings. The van der Waals surface area contributed by atoms with E-state index in [4.69, 9.17) is 11.6 Å². The van der Waals surface area contributed by atoms with Gasteiger partial charge in [-0.15, -0.1) is 0 Å². The first-order valence-electron chi connectivity index (χ1n) is 10.5. The van der Waals surface area contributed by atoms with Crippen LogP contribution in [-0.2, 0) is 27.8 Å². The number of pyridine rings is 1. The fourth-order valence-electron chi connectivity index (χ4n) is 4.54. The van der Waals surface area contributed by atoms with Gasteiger partial charge in [-0.2, -0.15) is 5.10 Å². The lowest BCUT2D eigenvalue weighted by Gasteiger charge is -2.30. The Morgan fingerprint density at radius 3 is 2.84 bits per heavy atom. The Morgan fingerprint density at radius 1 is 1.32 bits per heavy atom. The van der Waals surface area contributed by atoms with Gasteiger partial charge in [0.05, 0.1) is 17.5 Å². The number of hydrogen-bond donors (Lipinski definition) is 1. The average molecular weight is 466 g/mol. The fraction of sp³-hybridized carbons (Fsp3) is 0.571. The number of piperidine rings is 1. The molecule has 0 radical (unpaired) electrons. The first-order valence-corrected chi connectivity index (χ1v) is 12.7. The van der Waals surface area contributed by atoms with Crippen LogP contribution in [0.5, 0.6) is 0 Å². The van der Waals surface area contributed by atoms with Crippen LogP contribution in [0.15, 0.2) is 18.5 Å². The minimum absolute atomic E-state index is 0.00331. The van der Waals surface area contributed by atoms with E-state index in [1.807, 2.05) is 10.9 Å². The number of anilines is 1. The topological polar surface area (TPSA) is 97.2 Å². The number of hydrogen-bond acceptors (Lipinski definition) is 5. The number of carbonyl (C=O) groups excluding carboxylic acids is 1. The largest absolute Gasteiger partial charge is 0.311 e. The Hall–Kier alpha value is -1.97. The van der Waals surface area contributed by atoms with Crippen molar-refractivity contribution in [2.45, 2.75) is 46.1 Å². The SMILES string of the molecule is CC1(C)Cc2c(-c3cc(NC(=O)CC4CCCN(S(C)(=O)=O)C4)ncc3Cl)cnn2C1. The Kier molecular flexibility index (Phi) is 5.87. The Labute approximate surface area is 188 Å². The van der Waals surface area contributed by atoms with Crippen molar-refractivity contribution in [3.05, 3.63) is 29.2 Å². The van der Waals surface area contributed by atoms with Crippen molar-refractivity contribution in [3.63, 3.8) is 0 Å². The van der Waals surface area contributed by atoms with E-state index in [1.54, 1.807) is 12.3 Å². The third-order valence-corrected chi connectivity index (χ3v) is 7.58. The van der Waals surface area contributed by atoms with Crippen LogP contribution in [0.2, 0.25) is 5.02 Å². The molecule has 1 amide bonds. The highest BCUT2D eigenvalue weighted by Crippen LogP contribution is 2.39. The number of amides is 1. The molecule has 1 N–H and O–H groups in total. The van der Waals surface area contributed by atoms with E-state index < -0.39 is 10.0 Å². The van der Waals surface area contributed by atoms with Gasteiger partial charge in [0, 0.05) is 49.1 Å². The number of sulfonamides is 1. The molecule has 31 heavy (non-hydrogen) atoms. The van der Waals surface area contributed by atoms with Crippen LogP contribution < -0.4 is 5.32 Å². The van der Waals surface area contributed by atoms with Crippen molar-refractivity contribution in [2.75, 3.05) is 24.7 Å². The minimum Gasteiger partial charge on any atom is -0.311 e. The van der Waals surface area contributed by atoms with Crippen LogP contribution in [0, 0.1) is 11.3 Å². The summed E-state index contributed by atoms with van der Waals surface area (Å²) in [7, 11) is -3.24. The van der Waals surface area contributed by atoms with Crippen molar-refractivity contribution in [3.8, 4) is 11.1 Å². The maximum absolute atomic E-state index is 12.6. The number of aromatic nitrogens is 3. The van der Waals surface area contributed by atoms with E-state index in [-0.39, 0.29) is 23.7 Å². The van der Waals surface area contributed by atoms with E-state index in [1.165, 1.54) is 10.6 Å². The van der Waals surface area contributed by atoms with Crippen LogP contribution in [0.3, 0.4) is 0 Å². The van der Waals surface area contributed by atoms with E-state index in [2.05, 4.69) is 29.2 Å². The number of rotatable bonds is 5. The van der Waals surface area contributed by atoms with Crippen molar-refractivity contribution in [2.24, 2.45) is 11.3 Å². The summed E-state index contributed by atoms with van der Waals surface area (Å²) in [6, 6.07) is 1.78. The highest BCUT2D eigenvalue weighted by atomic mass is 35.5. The van der Waals surface area contributed by atoms with Crippen LogP contribution in [0.25, 0.3) is 11.1 Å². The van der Waals surface area contributed by atoms with Gasteiger partial charge < -0.3 is 5.32 Å². The lowest BCUT2D eigenvalue weighted by atomic mass is 9.89. The fourth-order valence-corrected chi connectivity index (χ4v) is 5.68. The zero-order valence-electron chi connectivity index (χ0n) is 18.1. The molecule has 2 aromatic heterocycles. The summed E-state index contributed by atoms with van der Waals surface area (Å²) in [5.74, 6) is 0.247. The van der Waals surface area contributed by atoms with Crippen molar-refractivity contribution in [1.82, 2.24) is 19.1 Å². The molecular weight excluding hydrogens is 438 g/mol. The molecule has 0 spiro atoms. The van der Waals surface area contributed by atoms with Gasteiger partial charge in [0.2, 0.25) is 15.9 Å². The molecule has 8 nitrogen and oxygen atoms in total. The molecule has 0 saturated carbocycles. The van der Waals surface area contributed by atoms with E-state index in [9.17, 15) is 13.2 Å². The van der Waals surface area contributed by atoms with Crippen LogP contribution in [0.4, 0.5) is 5.82 Å². The summed E-state index contributed by atoms with van der Waals surface area (Å²) in [5, 5.41) is 7.86. The van der Waals surface area contributed by atoms with Crippen LogP contribution in [-0.4, -0.2) is 52.7 Å². The van der Waals surface area contributed by atoms with Crippen LogP contribution >= 0.6 is 11.6 Å². The van der Waals surface area contributed by atoms with E-state index in [0.29, 0.717) is 23.9 Å². The molecule has 4 rings (SSSR count). The highest BCUT2D eigenvalue weighted by molar-refractivity contribution is 7.88. The van der Waals surface area contributed by atoms with Gasteiger partial charge in [0.1, 0.15) is 5.82 Å². The summed E-state index contributed by atoms with van der Waals surface area (Å²) in [6.07, 6.45) is 7.32. The summed E-state index contributed by atoms with van der Waals surface area (Å²) >= 11 is 6.44.